The van der Waals surface area contributed by atoms with E-state index < -0.39 is 0 Å². The van der Waals surface area contributed by atoms with Crippen molar-refractivity contribution in [2.75, 3.05) is 25.6 Å². The number of benzene rings is 2. The average molecular weight is 343 g/mol. The second-order valence-electron chi connectivity index (χ2n) is 5.95. The van der Waals surface area contributed by atoms with Crippen LogP contribution in [0.1, 0.15) is 31.1 Å². The zero-order valence-electron chi connectivity index (χ0n) is 15.2. The van der Waals surface area contributed by atoms with Crippen molar-refractivity contribution in [1.82, 2.24) is 0 Å². The van der Waals surface area contributed by atoms with Gasteiger partial charge in [0.05, 0.1) is 26.0 Å². The second kappa shape index (κ2) is 8.97. The summed E-state index contributed by atoms with van der Waals surface area (Å²) < 4.78 is 16.6. The van der Waals surface area contributed by atoms with Crippen molar-refractivity contribution in [2.24, 2.45) is 5.92 Å². The zero-order valence-corrected chi connectivity index (χ0v) is 15.2. The number of carbonyl (C=O) groups excluding carboxylic acids is 1. The maximum Gasteiger partial charge on any atom is 0.255 e. The van der Waals surface area contributed by atoms with Crippen LogP contribution in [0.15, 0.2) is 42.5 Å². The van der Waals surface area contributed by atoms with E-state index in [0.717, 1.165) is 0 Å². The molecular weight excluding hydrogens is 318 g/mol. The van der Waals surface area contributed by atoms with Gasteiger partial charge in [0.2, 0.25) is 0 Å². The summed E-state index contributed by atoms with van der Waals surface area (Å²) in [5.74, 6) is 1.97. The number of ether oxygens (including phenoxy) is 3. The van der Waals surface area contributed by atoms with Gasteiger partial charge < -0.3 is 19.5 Å². The third-order valence-corrected chi connectivity index (χ3v) is 3.43. The molecule has 0 aliphatic carbocycles. The van der Waals surface area contributed by atoms with E-state index in [2.05, 4.69) is 19.2 Å². The van der Waals surface area contributed by atoms with E-state index in [4.69, 9.17) is 14.2 Å². The molecule has 0 bridgehead atoms. The zero-order chi connectivity index (χ0) is 18.2. The van der Waals surface area contributed by atoms with E-state index in [9.17, 15) is 4.79 Å². The largest absolute Gasteiger partial charge is 0.493 e. The van der Waals surface area contributed by atoms with E-state index in [1.54, 1.807) is 31.4 Å². The molecule has 0 aliphatic heterocycles. The van der Waals surface area contributed by atoms with Crippen molar-refractivity contribution in [1.29, 1.82) is 0 Å². The lowest BCUT2D eigenvalue weighted by Gasteiger charge is -2.14. The van der Waals surface area contributed by atoms with Gasteiger partial charge in [0.15, 0.2) is 11.5 Å². The lowest BCUT2D eigenvalue weighted by Crippen LogP contribution is -2.13. The summed E-state index contributed by atoms with van der Waals surface area (Å²) in [4.78, 5) is 12.6. The highest BCUT2D eigenvalue weighted by Crippen LogP contribution is 2.30. The first-order valence-corrected chi connectivity index (χ1v) is 8.39. The number of rotatable bonds is 8. The molecule has 0 fully saturated rings. The average Bonchev–Trinajstić information content (AvgIpc) is 2.61. The minimum absolute atomic E-state index is 0.235. The van der Waals surface area contributed by atoms with Gasteiger partial charge in [0.1, 0.15) is 5.75 Å². The molecule has 0 atom stereocenters. The van der Waals surface area contributed by atoms with Crippen LogP contribution in [-0.4, -0.2) is 26.2 Å². The molecular formula is C20H25NO4. The molecule has 5 heteroatoms. The quantitative estimate of drug-likeness (QED) is 0.773. The Morgan fingerprint density at radius 2 is 1.80 bits per heavy atom. The van der Waals surface area contributed by atoms with Crippen LogP contribution in [0.5, 0.6) is 17.2 Å². The first-order valence-electron chi connectivity index (χ1n) is 8.39. The fraction of sp³-hybridized carbons (Fsp3) is 0.350. The fourth-order valence-corrected chi connectivity index (χ4v) is 2.23. The maximum atomic E-state index is 12.6. The lowest BCUT2D eigenvalue weighted by atomic mass is 10.1. The highest BCUT2D eigenvalue weighted by molar-refractivity contribution is 6.05. The Kier molecular flexibility index (Phi) is 6.69. The van der Waals surface area contributed by atoms with Crippen molar-refractivity contribution >= 4 is 11.6 Å². The van der Waals surface area contributed by atoms with E-state index in [-0.39, 0.29) is 5.91 Å². The first-order chi connectivity index (χ1) is 12.0. The van der Waals surface area contributed by atoms with Gasteiger partial charge in [-0.15, -0.1) is 0 Å². The third-order valence-electron chi connectivity index (χ3n) is 3.43. The molecule has 0 aromatic heterocycles. The molecule has 0 radical (unpaired) electrons. The fourth-order valence-electron chi connectivity index (χ4n) is 2.23. The minimum Gasteiger partial charge on any atom is -0.493 e. The Morgan fingerprint density at radius 3 is 2.48 bits per heavy atom. The summed E-state index contributed by atoms with van der Waals surface area (Å²) >= 11 is 0. The molecule has 0 unspecified atom stereocenters. The Bertz CT molecular complexity index is 713. The predicted molar refractivity (Wildman–Crippen MR) is 98.9 cm³/mol. The van der Waals surface area contributed by atoms with E-state index in [1.807, 2.05) is 25.1 Å². The van der Waals surface area contributed by atoms with Crippen molar-refractivity contribution in [3.8, 4) is 17.2 Å². The summed E-state index contributed by atoms with van der Waals surface area (Å²) in [5.41, 5.74) is 1.12. The van der Waals surface area contributed by atoms with Crippen LogP contribution < -0.4 is 19.5 Å². The van der Waals surface area contributed by atoms with Crippen LogP contribution in [0.3, 0.4) is 0 Å². The Morgan fingerprint density at radius 1 is 1.04 bits per heavy atom. The Balaban J connectivity index is 2.17. The van der Waals surface area contributed by atoms with Gasteiger partial charge in [-0.3, -0.25) is 4.79 Å². The summed E-state index contributed by atoms with van der Waals surface area (Å²) in [6.07, 6.45) is 0. The van der Waals surface area contributed by atoms with Gasteiger partial charge in [-0.2, -0.15) is 0 Å². The van der Waals surface area contributed by atoms with Gasteiger partial charge in [0, 0.05) is 5.56 Å². The number of anilines is 1. The molecule has 2 aromatic carbocycles. The van der Waals surface area contributed by atoms with Gasteiger partial charge in [-0.1, -0.05) is 26.0 Å². The number of hydrogen-bond acceptors (Lipinski definition) is 4. The molecule has 0 saturated heterocycles. The molecule has 0 heterocycles. The van der Waals surface area contributed by atoms with Crippen LogP contribution in [-0.2, 0) is 0 Å². The molecule has 2 rings (SSSR count). The Labute approximate surface area is 148 Å². The van der Waals surface area contributed by atoms with Crippen LogP contribution in [0.4, 0.5) is 5.69 Å². The lowest BCUT2D eigenvalue weighted by molar-refractivity contribution is 0.102. The van der Waals surface area contributed by atoms with Crippen molar-refractivity contribution in [3.63, 3.8) is 0 Å². The molecule has 134 valence electrons. The van der Waals surface area contributed by atoms with Crippen LogP contribution >= 0.6 is 0 Å². The predicted octanol–water partition coefficient (Wildman–Crippen LogP) is 4.38. The van der Waals surface area contributed by atoms with E-state index >= 15 is 0 Å². The summed E-state index contributed by atoms with van der Waals surface area (Å²) in [6.45, 7) is 7.17. The van der Waals surface area contributed by atoms with Gasteiger partial charge in [0.25, 0.3) is 5.91 Å². The standard InChI is InChI=1S/C20H25NO4/c1-5-24-17-9-7-6-8-16(17)21-20(22)15-10-11-18(19(12-15)23-4)25-13-14(2)3/h6-12,14H,5,13H2,1-4H3,(H,21,22). The molecule has 2 aromatic rings. The molecule has 5 nitrogen and oxygen atoms in total. The molecule has 0 spiro atoms. The molecule has 25 heavy (non-hydrogen) atoms. The van der Waals surface area contributed by atoms with Crippen LogP contribution in [0.2, 0.25) is 0 Å². The normalized spacial score (nSPS) is 10.4. The van der Waals surface area contributed by atoms with Gasteiger partial charge in [-0.25, -0.2) is 0 Å². The minimum atomic E-state index is -0.235. The molecule has 0 aliphatic rings. The number of hydrogen-bond donors (Lipinski definition) is 1. The SMILES string of the molecule is CCOc1ccccc1NC(=O)c1ccc(OCC(C)C)c(OC)c1. The first kappa shape index (κ1) is 18.6. The van der Waals surface area contributed by atoms with Crippen molar-refractivity contribution in [3.05, 3.63) is 48.0 Å². The van der Waals surface area contributed by atoms with Crippen LogP contribution in [0, 0.1) is 5.92 Å². The van der Waals surface area contributed by atoms with Gasteiger partial charge >= 0.3 is 0 Å². The highest BCUT2D eigenvalue weighted by atomic mass is 16.5. The monoisotopic (exact) mass is 343 g/mol. The maximum absolute atomic E-state index is 12.6. The van der Waals surface area contributed by atoms with Gasteiger partial charge in [-0.05, 0) is 43.2 Å². The highest BCUT2D eigenvalue weighted by Gasteiger charge is 2.13. The second-order valence-corrected chi connectivity index (χ2v) is 5.95. The number of methoxy groups -OCH3 is 1. The molecule has 1 amide bonds. The summed E-state index contributed by atoms with van der Waals surface area (Å²) in [7, 11) is 1.56. The van der Waals surface area contributed by atoms with E-state index in [1.165, 1.54) is 0 Å². The number of para-hydroxylation sites is 2. The topological polar surface area (TPSA) is 56.8 Å². The molecule has 1 N–H and O–H groups in total. The number of carbonyl (C=O) groups is 1. The van der Waals surface area contributed by atoms with Crippen molar-refractivity contribution < 1.29 is 19.0 Å². The molecule has 0 saturated carbocycles. The summed E-state index contributed by atoms with van der Waals surface area (Å²) in [5, 5.41) is 2.87. The van der Waals surface area contributed by atoms with Crippen molar-refractivity contribution in [2.45, 2.75) is 20.8 Å². The third kappa shape index (κ3) is 5.14. The van der Waals surface area contributed by atoms with Crippen LogP contribution in [0.25, 0.3) is 0 Å². The Hall–Kier alpha value is -2.69. The number of amides is 1. The number of nitrogens with one attached hydrogen (secondary N) is 1. The smallest absolute Gasteiger partial charge is 0.255 e. The summed E-state index contributed by atoms with van der Waals surface area (Å²) in [6, 6.07) is 12.5. The van der Waals surface area contributed by atoms with E-state index in [0.29, 0.717) is 47.6 Å².